The number of carboxylic acid groups (broad SMARTS) is 1. The molecule has 2 aliphatic rings. The molecular formula is C32H55N3O5Si. The summed E-state index contributed by atoms with van der Waals surface area (Å²) in [6.45, 7) is 10.3. The van der Waals surface area contributed by atoms with Crippen LogP contribution >= 0.6 is 0 Å². The molecule has 1 aliphatic carbocycles. The average molecular weight is 590 g/mol. The highest BCUT2D eigenvalue weighted by atomic mass is 28.3. The van der Waals surface area contributed by atoms with Crippen molar-refractivity contribution in [3.63, 3.8) is 0 Å². The second-order valence-corrected chi connectivity index (χ2v) is 18.9. The highest BCUT2D eigenvalue weighted by molar-refractivity contribution is 6.76. The summed E-state index contributed by atoms with van der Waals surface area (Å²) in [5.41, 5.74) is 1.15. The van der Waals surface area contributed by atoms with Gasteiger partial charge in [0.2, 0.25) is 0 Å². The first-order valence-electron chi connectivity index (χ1n) is 15.8. The number of amides is 3. The lowest BCUT2D eigenvalue weighted by molar-refractivity contribution is -0.0168. The lowest BCUT2D eigenvalue weighted by Crippen LogP contribution is -2.53. The summed E-state index contributed by atoms with van der Waals surface area (Å²) in [5, 5.41) is 13.3. The summed E-state index contributed by atoms with van der Waals surface area (Å²) >= 11 is 0. The van der Waals surface area contributed by atoms with Crippen LogP contribution in [0.1, 0.15) is 69.5 Å². The van der Waals surface area contributed by atoms with Gasteiger partial charge in [-0.3, -0.25) is 0 Å². The van der Waals surface area contributed by atoms with E-state index in [2.05, 4.69) is 37.1 Å². The first-order chi connectivity index (χ1) is 19.7. The molecule has 41 heavy (non-hydrogen) atoms. The first-order valence-corrected chi connectivity index (χ1v) is 19.6. The van der Waals surface area contributed by atoms with E-state index < -0.39 is 14.2 Å². The number of hydrogen-bond donors (Lipinski definition) is 2. The topological polar surface area (TPSA) is 91.3 Å². The van der Waals surface area contributed by atoms with Crippen LogP contribution in [0.15, 0.2) is 30.3 Å². The van der Waals surface area contributed by atoms with E-state index in [4.69, 9.17) is 9.47 Å². The number of nitrogens with one attached hydrogen (secondary N) is 1. The van der Waals surface area contributed by atoms with Crippen LogP contribution in [0.5, 0.6) is 0 Å². The van der Waals surface area contributed by atoms with E-state index in [0.717, 1.165) is 37.3 Å². The van der Waals surface area contributed by atoms with Gasteiger partial charge in [-0.15, -0.1) is 0 Å². The van der Waals surface area contributed by atoms with Crippen LogP contribution in [0.3, 0.4) is 0 Å². The van der Waals surface area contributed by atoms with Gasteiger partial charge in [-0.1, -0.05) is 82.1 Å². The Morgan fingerprint density at radius 2 is 1.80 bits per heavy atom. The molecule has 0 radical (unpaired) electrons. The van der Waals surface area contributed by atoms with Crippen LogP contribution in [0.4, 0.5) is 9.59 Å². The number of carbonyl (C=O) groups is 2. The second kappa shape index (κ2) is 17.1. The molecule has 8 nitrogen and oxygen atoms in total. The van der Waals surface area contributed by atoms with Gasteiger partial charge in [-0.25, -0.2) is 9.59 Å². The minimum Gasteiger partial charge on any atom is -0.465 e. The molecule has 2 fully saturated rings. The summed E-state index contributed by atoms with van der Waals surface area (Å²) in [7, 11) is 0.305. The molecule has 2 N–H and O–H groups in total. The highest BCUT2D eigenvalue weighted by Crippen LogP contribution is 2.33. The summed E-state index contributed by atoms with van der Waals surface area (Å²) in [6, 6.07) is 11.0. The minimum absolute atomic E-state index is 0.0720. The maximum absolute atomic E-state index is 13.7. The number of methoxy groups -OCH3 is 1. The Labute approximate surface area is 249 Å². The molecule has 0 bridgehead atoms. The Hall–Kier alpha value is -2.10. The molecule has 1 aliphatic heterocycles. The number of piperidine rings is 1. The maximum atomic E-state index is 13.7. The van der Waals surface area contributed by atoms with Gasteiger partial charge in [0.25, 0.3) is 0 Å². The zero-order chi connectivity index (χ0) is 29.7. The summed E-state index contributed by atoms with van der Waals surface area (Å²) < 4.78 is 11.6. The van der Waals surface area contributed by atoms with Gasteiger partial charge in [-0.05, 0) is 43.2 Å². The van der Waals surface area contributed by atoms with Crippen molar-refractivity contribution in [3.8, 4) is 0 Å². The monoisotopic (exact) mass is 589 g/mol. The Kier molecular flexibility index (Phi) is 13.9. The number of urea groups is 1. The third-order valence-electron chi connectivity index (χ3n) is 8.60. The normalized spacial score (nSPS) is 19.9. The summed E-state index contributed by atoms with van der Waals surface area (Å²) in [4.78, 5) is 29.4. The van der Waals surface area contributed by atoms with E-state index in [9.17, 15) is 14.7 Å². The third-order valence-corrected chi connectivity index (χ3v) is 10.3. The smallest absolute Gasteiger partial charge is 0.407 e. The van der Waals surface area contributed by atoms with Crippen molar-refractivity contribution in [2.24, 2.45) is 11.8 Å². The maximum Gasteiger partial charge on any atom is 0.407 e. The zero-order valence-electron chi connectivity index (χ0n) is 26.0. The SMILES string of the molecule is COCCCO[C@@H](c1ccccc1)[C@@H]1CCCN(C(=O)N[C@@H](CC2CCCCC2)CN(CC[Si](C)(C)C)C(=O)O)C1. The van der Waals surface area contributed by atoms with Crippen molar-refractivity contribution in [3.05, 3.63) is 35.9 Å². The van der Waals surface area contributed by atoms with Gasteiger partial charge in [0.1, 0.15) is 0 Å². The first kappa shape index (κ1) is 33.4. The molecule has 232 valence electrons. The predicted octanol–water partition coefficient (Wildman–Crippen LogP) is 6.86. The van der Waals surface area contributed by atoms with Crippen LogP contribution in [0, 0.1) is 11.8 Å². The molecule has 1 heterocycles. The molecule has 3 amide bonds. The standard InChI is InChI=1S/C32H55N3O5Si/c1-39-20-12-21-40-30(27-15-9-6-10-16-27)28-17-11-18-34(24-28)31(36)33-29(23-26-13-7-5-8-14-26)25-35(32(37)38)19-22-41(2,3)4/h6,9-10,15-16,26,28-30H,5,7-8,11-14,17-25H2,1-4H3,(H,33,36)(H,37,38)/t28-,29+,30+/m1/s1. The predicted molar refractivity (Wildman–Crippen MR) is 167 cm³/mol. The fourth-order valence-corrected chi connectivity index (χ4v) is 7.21. The molecule has 0 spiro atoms. The molecule has 3 rings (SSSR count). The van der Waals surface area contributed by atoms with Crippen molar-refractivity contribution in [2.45, 2.75) is 95.6 Å². The minimum atomic E-state index is -1.40. The van der Waals surface area contributed by atoms with Crippen LogP contribution in [0.25, 0.3) is 0 Å². The van der Waals surface area contributed by atoms with Crippen LogP contribution in [-0.2, 0) is 9.47 Å². The molecular weight excluding hydrogens is 534 g/mol. The number of carbonyl (C=O) groups excluding carboxylic acids is 1. The van der Waals surface area contributed by atoms with Crippen molar-refractivity contribution in [1.29, 1.82) is 0 Å². The van der Waals surface area contributed by atoms with E-state index in [1.807, 2.05) is 23.1 Å². The van der Waals surface area contributed by atoms with Gasteiger partial charge in [0.15, 0.2) is 0 Å². The number of hydrogen-bond acceptors (Lipinski definition) is 4. The largest absolute Gasteiger partial charge is 0.465 e. The number of ether oxygens (including phenoxy) is 2. The molecule has 9 heteroatoms. The van der Waals surface area contributed by atoms with Crippen molar-refractivity contribution < 1.29 is 24.2 Å². The van der Waals surface area contributed by atoms with E-state index in [0.29, 0.717) is 45.3 Å². The fraction of sp³-hybridized carbons (Fsp3) is 0.750. The Balaban J connectivity index is 1.68. The zero-order valence-corrected chi connectivity index (χ0v) is 27.0. The highest BCUT2D eigenvalue weighted by Gasteiger charge is 2.33. The third kappa shape index (κ3) is 12.0. The van der Waals surface area contributed by atoms with E-state index in [1.165, 1.54) is 32.1 Å². The lowest BCUT2D eigenvalue weighted by Gasteiger charge is -2.38. The number of benzene rings is 1. The Morgan fingerprint density at radius 3 is 2.46 bits per heavy atom. The quantitative estimate of drug-likeness (QED) is 0.172. The molecule has 0 unspecified atom stereocenters. The van der Waals surface area contributed by atoms with Gasteiger partial charge < -0.3 is 29.7 Å². The van der Waals surface area contributed by atoms with Gasteiger partial charge in [0.05, 0.1) is 6.10 Å². The molecule has 3 atom stereocenters. The molecule has 1 aromatic carbocycles. The number of likely N-dealkylation sites (tertiary alicyclic amines) is 1. The van der Waals surface area contributed by atoms with E-state index >= 15 is 0 Å². The van der Waals surface area contributed by atoms with Crippen molar-refractivity contribution in [2.75, 3.05) is 46.5 Å². The van der Waals surface area contributed by atoms with Gasteiger partial charge >= 0.3 is 12.1 Å². The Bertz CT molecular complexity index is 906. The molecule has 0 aromatic heterocycles. The Morgan fingerprint density at radius 1 is 1.07 bits per heavy atom. The van der Waals surface area contributed by atoms with Crippen LogP contribution in [0.2, 0.25) is 25.7 Å². The van der Waals surface area contributed by atoms with E-state index in [1.54, 1.807) is 12.0 Å². The van der Waals surface area contributed by atoms with Crippen LogP contribution < -0.4 is 5.32 Å². The molecule has 1 aromatic rings. The summed E-state index contributed by atoms with van der Waals surface area (Å²) in [5.74, 6) is 0.738. The van der Waals surface area contributed by atoms with Gasteiger partial charge in [-0.2, -0.15) is 0 Å². The van der Waals surface area contributed by atoms with Crippen molar-refractivity contribution in [1.82, 2.24) is 15.1 Å². The number of nitrogens with zero attached hydrogens (tertiary/aromatic N) is 2. The van der Waals surface area contributed by atoms with E-state index in [-0.39, 0.29) is 24.1 Å². The second-order valence-electron chi connectivity index (χ2n) is 13.3. The average Bonchev–Trinajstić information content (AvgIpc) is 2.95. The van der Waals surface area contributed by atoms with Crippen LogP contribution in [-0.4, -0.2) is 87.6 Å². The molecule has 1 saturated heterocycles. The lowest BCUT2D eigenvalue weighted by atomic mass is 9.84. The summed E-state index contributed by atoms with van der Waals surface area (Å²) in [6.07, 6.45) is 8.69. The molecule has 1 saturated carbocycles. The fourth-order valence-electron chi connectivity index (χ4n) is 6.27. The number of rotatable bonds is 15. The van der Waals surface area contributed by atoms with Gasteiger partial charge in [0, 0.05) is 66.5 Å². The van der Waals surface area contributed by atoms with Crippen molar-refractivity contribution >= 4 is 20.2 Å².